The van der Waals surface area contributed by atoms with Crippen molar-refractivity contribution in [3.63, 3.8) is 0 Å². The first kappa shape index (κ1) is 21.9. The van der Waals surface area contributed by atoms with Crippen LogP contribution < -0.4 is 21.3 Å². The van der Waals surface area contributed by atoms with Crippen LogP contribution in [0.2, 0.25) is 0 Å². The van der Waals surface area contributed by atoms with Crippen molar-refractivity contribution in [2.45, 2.75) is 13.0 Å². The molecule has 1 saturated heterocycles. The average Bonchev–Trinajstić information content (AvgIpc) is 3.21. The number of nitrogens with one attached hydrogen (secondary N) is 3. The van der Waals surface area contributed by atoms with Gasteiger partial charge in [-0.3, -0.25) is 9.88 Å². The minimum Gasteiger partial charge on any atom is -0.408 e. The number of rotatable bonds is 6. The first-order valence-corrected chi connectivity index (χ1v) is 11.1. The largest absolute Gasteiger partial charge is 0.417 e. The highest BCUT2D eigenvalue weighted by Crippen LogP contribution is 2.25. The molecular weight excluding hydrogens is 434 g/mol. The maximum atomic E-state index is 11.4. The fourth-order valence-electron chi connectivity index (χ4n) is 4.06. The van der Waals surface area contributed by atoms with Crippen LogP contribution in [0.3, 0.4) is 0 Å². The van der Waals surface area contributed by atoms with E-state index < -0.39 is 5.76 Å². The molecule has 0 aliphatic carbocycles. The summed E-state index contributed by atoms with van der Waals surface area (Å²) < 4.78 is 5.05. The Morgan fingerprint density at radius 3 is 2.74 bits per heavy atom. The van der Waals surface area contributed by atoms with Gasteiger partial charge in [0.1, 0.15) is 5.82 Å². The summed E-state index contributed by atoms with van der Waals surface area (Å²) in [7, 11) is 2.05. The Hall–Kier alpha value is -3.89. The summed E-state index contributed by atoms with van der Waals surface area (Å²) in [5, 5.41) is 16.1. The van der Waals surface area contributed by atoms with Crippen LogP contribution in [0.1, 0.15) is 5.56 Å². The van der Waals surface area contributed by atoms with Crippen LogP contribution in [0, 0.1) is 6.92 Å². The number of oxazole rings is 1. The summed E-state index contributed by atoms with van der Waals surface area (Å²) in [6, 6.07) is 13.6. The number of aliphatic hydroxyl groups is 1. The lowest BCUT2D eigenvalue weighted by molar-refractivity contribution is 0.135. The molecule has 1 aliphatic heterocycles. The third-order valence-corrected chi connectivity index (χ3v) is 6.13. The maximum absolute atomic E-state index is 11.4. The van der Waals surface area contributed by atoms with E-state index in [0.29, 0.717) is 22.9 Å². The molecule has 0 amide bonds. The molecule has 2 aromatic heterocycles. The quantitative estimate of drug-likeness (QED) is 0.343. The number of aromatic nitrogens is 3. The van der Waals surface area contributed by atoms with Gasteiger partial charge in [-0.25, -0.2) is 9.78 Å². The van der Waals surface area contributed by atoms with E-state index in [9.17, 15) is 9.90 Å². The third kappa shape index (κ3) is 4.59. The van der Waals surface area contributed by atoms with Crippen LogP contribution in [0.5, 0.6) is 0 Å². The molecule has 0 bridgehead atoms. The minimum atomic E-state index is -0.483. The van der Waals surface area contributed by atoms with Crippen LogP contribution in [-0.4, -0.2) is 64.3 Å². The number of hydrogen-bond donors (Lipinski definition) is 4. The molecule has 0 saturated carbocycles. The van der Waals surface area contributed by atoms with Crippen molar-refractivity contribution in [1.29, 1.82) is 0 Å². The summed E-state index contributed by atoms with van der Waals surface area (Å²) in [5.74, 6) is 0.647. The van der Waals surface area contributed by atoms with Gasteiger partial charge in [-0.2, -0.15) is 4.98 Å². The number of fused-ring (bicyclic) bond motifs is 1. The molecule has 1 atom stereocenters. The molecule has 10 heteroatoms. The molecule has 176 valence electrons. The molecule has 1 unspecified atom stereocenters. The Morgan fingerprint density at radius 1 is 1.15 bits per heavy atom. The summed E-state index contributed by atoms with van der Waals surface area (Å²) in [5.41, 5.74) is 4.78. The molecular formula is C24H27N7O3. The number of H-pyrrole nitrogens is 1. The zero-order chi connectivity index (χ0) is 23.7. The van der Waals surface area contributed by atoms with Crippen molar-refractivity contribution in [3.8, 4) is 0 Å². The standard InChI is InChI=1S/C24H27N7O3/c1-15-12-25-23(29-22(15)26-17-5-8-21-20(11-17)28-24(33)34-21)27-16-3-6-18(7-4-16)31-10-9-30(2)19(13-31)14-32/h3-8,11-12,19,32H,9-10,13-14H2,1-2H3,(H,28,33)(H2,25,26,27,29). The lowest BCUT2D eigenvalue weighted by Crippen LogP contribution is -2.53. The maximum Gasteiger partial charge on any atom is 0.417 e. The molecule has 5 rings (SSSR count). The highest BCUT2D eigenvalue weighted by Gasteiger charge is 2.23. The van der Waals surface area contributed by atoms with Crippen LogP contribution in [-0.2, 0) is 0 Å². The Balaban J connectivity index is 1.29. The number of anilines is 5. The number of likely N-dealkylation sites (N-methyl/N-ethyl adjacent to an activating group) is 1. The van der Waals surface area contributed by atoms with E-state index in [1.54, 1.807) is 18.3 Å². The summed E-state index contributed by atoms with van der Waals surface area (Å²) in [6.45, 7) is 4.72. The van der Waals surface area contributed by atoms with E-state index in [0.717, 1.165) is 42.3 Å². The second-order valence-electron chi connectivity index (χ2n) is 8.51. The fourth-order valence-corrected chi connectivity index (χ4v) is 4.06. The van der Waals surface area contributed by atoms with Gasteiger partial charge in [-0.05, 0) is 56.4 Å². The number of nitrogens with zero attached hydrogens (tertiary/aromatic N) is 4. The van der Waals surface area contributed by atoms with Gasteiger partial charge >= 0.3 is 5.76 Å². The van der Waals surface area contributed by atoms with Gasteiger partial charge in [0.2, 0.25) is 5.95 Å². The monoisotopic (exact) mass is 461 g/mol. The van der Waals surface area contributed by atoms with Crippen molar-refractivity contribution >= 4 is 39.9 Å². The molecule has 0 spiro atoms. The first-order valence-electron chi connectivity index (χ1n) is 11.1. The molecule has 2 aromatic carbocycles. The molecule has 1 aliphatic rings. The van der Waals surface area contributed by atoms with Gasteiger partial charge < -0.3 is 25.1 Å². The number of aromatic amines is 1. The van der Waals surface area contributed by atoms with Crippen molar-refractivity contribution < 1.29 is 9.52 Å². The van der Waals surface area contributed by atoms with Gasteiger partial charge in [0.15, 0.2) is 5.58 Å². The second-order valence-corrected chi connectivity index (χ2v) is 8.51. The van der Waals surface area contributed by atoms with Gasteiger partial charge in [-0.1, -0.05) is 0 Å². The third-order valence-electron chi connectivity index (χ3n) is 6.13. The van der Waals surface area contributed by atoms with E-state index in [2.05, 4.69) is 47.5 Å². The van der Waals surface area contributed by atoms with Gasteiger partial charge in [0.25, 0.3) is 0 Å². The molecule has 34 heavy (non-hydrogen) atoms. The first-order chi connectivity index (χ1) is 16.5. The minimum absolute atomic E-state index is 0.146. The molecule has 3 heterocycles. The smallest absolute Gasteiger partial charge is 0.408 e. The van der Waals surface area contributed by atoms with Crippen molar-refractivity contribution in [1.82, 2.24) is 19.9 Å². The summed E-state index contributed by atoms with van der Waals surface area (Å²) >= 11 is 0. The highest BCUT2D eigenvalue weighted by atomic mass is 16.4. The SMILES string of the molecule is Cc1cnc(Nc2ccc(N3CCN(C)C(CO)C3)cc2)nc1Nc1ccc2oc(=O)[nH]c2c1. The van der Waals surface area contributed by atoms with Crippen LogP contribution in [0.25, 0.3) is 11.1 Å². The lowest BCUT2D eigenvalue weighted by atomic mass is 10.1. The summed E-state index contributed by atoms with van der Waals surface area (Å²) in [6.07, 6.45) is 1.75. The number of benzene rings is 2. The van der Waals surface area contributed by atoms with Crippen LogP contribution in [0.15, 0.2) is 57.9 Å². The highest BCUT2D eigenvalue weighted by molar-refractivity contribution is 5.78. The molecule has 0 radical (unpaired) electrons. The van der Waals surface area contributed by atoms with Gasteiger partial charge in [-0.15, -0.1) is 0 Å². The summed E-state index contributed by atoms with van der Waals surface area (Å²) in [4.78, 5) is 27.6. The number of aliphatic hydroxyl groups excluding tert-OH is 1. The zero-order valence-electron chi connectivity index (χ0n) is 19.1. The molecule has 1 fully saturated rings. The zero-order valence-corrected chi connectivity index (χ0v) is 19.1. The van der Waals surface area contributed by atoms with Gasteiger partial charge in [0, 0.05) is 48.5 Å². The second kappa shape index (κ2) is 9.16. The lowest BCUT2D eigenvalue weighted by Gasteiger charge is -2.39. The predicted octanol–water partition coefficient (Wildman–Crippen LogP) is 2.82. The number of piperazine rings is 1. The Labute approximate surface area is 196 Å². The van der Waals surface area contributed by atoms with Crippen molar-refractivity contribution in [3.05, 3.63) is 64.8 Å². The number of aryl methyl sites for hydroxylation is 1. The Kier molecular flexibility index (Phi) is 5.91. The number of hydrogen-bond acceptors (Lipinski definition) is 9. The van der Waals surface area contributed by atoms with E-state index in [1.807, 2.05) is 32.2 Å². The van der Waals surface area contributed by atoms with E-state index in [4.69, 9.17) is 4.42 Å². The normalized spacial score (nSPS) is 16.7. The van der Waals surface area contributed by atoms with Crippen molar-refractivity contribution in [2.24, 2.45) is 0 Å². The molecule has 4 aromatic rings. The topological polar surface area (TPSA) is 123 Å². The van der Waals surface area contributed by atoms with E-state index >= 15 is 0 Å². The van der Waals surface area contributed by atoms with Crippen LogP contribution >= 0.6 is 0 Å². The van der Waals surface area contributed by atoms with E-state index in [-0.39, 0.29) is 12.6 Å². The van der Waals surface area contributed by atoms with Gasteiger partial charge in [0.05, 0.1) is 18.2 Å². The molecule has 4 N–H and O–H groups in total. The molecule has 10 nitrogen and oxygen atoms in total. The Bertz CT molecular complexity index is 1350. The van der Waals surface area contributed by atoms with Crippen LogP contribution in [0.4, 0.5) is 28.8 Å². The average molecular weight is 462 g/mol. The fraction of sp³-hybridized carbons (Fsp3) is 0.292. The van der Waals surface area contributed by atoms with E-state index in [1.165, 1.54) is 0 Å². The predicted molar refractivity (Wildman–Crippen MR) is 132 cm³/mol. The van der Waals surface area contributed by atoms with Crippen molar-refractivity contribution in [2.75, 3.05) is 48.8 Å². The Morgan fingerprint density at radius 2 is 1.94 bits per heavy atom.